The van der Waals surface area contributed by atoms with Gasteiger partial charge in [0.15, 0.2) is 0 Å². The highest BCUT2D eigenvalue weighted by atomic mass is 16.7. The van der Waals surface area contributed by atoms with Crippen molar-refractivity contribution in [2.24, 2.45) is 11.7 Å². The molecule has 0 radical (unpaired) electrons. The fourth-order valence-electron chi connectivity index (χ4n) is 10.4. The van der Waals surface area contributed by atoms with Crippen LogP contribution in [0.1, 0.15) is 93.5 Å². The minimum absolute atomic E-state index is 0.0186. The molecule has 3 aliphatic heterocycles. The molecular weight excluding hydrogens is 1170 g/mol. The summed E-state index contributed by atoms with van der Waals surface area (Å²) in [5, 5.41) is 19.4. The molecule has 7 rings (SSSR count). The average molecular weight is 1260 g/mol. The van der Waals surface area contributed by atoms with Crippen LogP contribution in [0.5, 0.6) is 5.75 Å². The van der Waals surface area contributed by atoms with Crippen LogP contribution < -0.4 is 27.2 Å². The number of esters is 1. The van der Waals surface area contributed by atoms with E-state index in [-0.39, 0.29) is 112 Å². The van der Waals surface area contributed by atoms with Gasteiger partial charge < -0.3 is 83.5 Å². The molecule has 4 aromatic rings. The number of aromatic nitrogens is 2. The maximum absolute atomic E-state index is 14.1. The largest absolute Gasteiger partial charge is 0.510 e. The van der Waals surface area contributed by atoms with Gasteiger partial charge in [-0.25, -0.2) is 14.6 Å². The molecule has 2 aromatic heterocycles. The summed E-state index contributed by atoms with van der Waals surface area (Å²) in [6, 6.07) is 12.2. The van der Waals surface area contributed by atoms with Gasteiger partial charge in [-0.05, 0) is 86.2 Å². The van der Waals surface area contributed by atoms with Crippen molar-refractivity contribution in [2.45, 2.75) is 104 Å². The number of fused-ring (bicyclic) bond motifs is 5. The van der Waals surface area contributed by atoms with Gasteiger partial charge in [-0.2, -0.15) is 0 Å². The fraction of sp³-hybridized carbons (Fsp3) is 0.571. The SMILES string of the molecule is CCc1c2c(nc3ccc(O)cc13)-c1cc3c(c(=O)n1C2)COC(=O)[C@@]3(CC)OC(=O)OCc1ccc(NC(=O)[C@H](CCCCN)NC(=O)CCOCCOCCOCCOCCOCCOCCOCCOCCNC(=O)CCN2C(=O)CC(C)C2=O)cc1. The number of hydrogen-bond donors (Lipinski definition) is 5. The maximum Gasteiger partial charge on any atom is 0.510 e. The molecule has 5 amide bonds. The Morgan fingerprint density at radius 2 is 1.37 bits per heavy atom. The summed E-state index contributed by atoms with van der Waals surface area (Å²) in [5.41, 5.74) is 8.07. The number of phenolic OH excluding ortho intramolecular Hbond substituents is 1. The number of cyclic esters (lactones) is 1. The van der Waals surface area contributed by atoms with E-state index in [4.69, 9.17) is 62.8 Å². The van der Waals surface area contributed by atoms with Crippen molar-refractivity contribution in [2.75, 3.05) is 131 Å². The van der Waals surface area contributed by atoms with E-state index >= 15 is 0 Å². The van der Waals surface area contributed by atoms with Crippen molar-refractivity contribution in [1.82, 2.24) is 25.1 Å². The Hall–Kier alpha value is -7.47. The third kappa shape index (κ3) is 20.0. The van der Waals surface area contributed by atoms with Crippen LogP contribution in [-0.2, 0) is 113 Å². The maximum atomic E-state index is 14.1. The molecule has 0 saturated carbocycles. The lowest BCUT2D eigenvalue weighted by Gasteiger charge is -2.35. The number of benzene rings is 2. The summed E-state index contributed by atoms with van der Waals surface area (Å²) < 4.78 is 62.5. The first-order valence-electron chi connectivity index (χ1n) is 30.7. The number of aromatic hydroxyl groups is 1. The molecule has 3 aliphatic rings. The zero-order chi connectivity index (χ0) is 64.3. The predicted molar refractivity (Wildman–Crippen MR) is 324 cm³/mol. The highest BCUT2D eigenvalue weighted by molar-refractivity contribution is 6.03. The zero-order valence-electron chi connectivity index (χ0n) is 51.6. The molecule has 90 heavy (non-hydrogen) atoms. The topological polar surface area (TPSA) is 341 Å². The minimum atomic E-state index is -1.99. The first kappa shape index (κ1) is 70.0. The summed E-state index contributed by atoms with van der Waals surface area (Å²) in [6.07, 6.45) is 1.26. The van der Waals surface area contributed by atoms with Gasteiger partial charge in [0.2, 0.25) is 35.1 Å². The lowest BCUT2D eigenvalue weighted by atomic mass is 9.85. The summed E-state index contributed by atoms with van der Waals surface area (Å²) in [6.45, 7) is 11.4. The molecular formula is C63H85N7O20. The predicted octanol–water partition coefficient (Wildman–Crippen LogP) is 3.69. The third-order valence-electron chi connectivity index (χ3n) is 15.2. The summed E-state index contributed by atoms with van der Waals surface area (Å²) in [4.78, 5) is 109. The number of rotatable bonds is 42. The van der Waals surface area contributed by atoms with Gasteiger partial charge in [0.1, 0.15) is 25.0 Å². The summed E-state index contributed by atoms with van der Waals surface area (Å²) >= 11 is 0. The van der Waals surface area contributed by atoms with Gasteiger partial charge in [-0.1, -0.05) is 32.9 Å². The second-order valence-corrected chi connectivity index (χ2v) is 21.5. The molecule has 27 nitrogen and oxygen atoms in total. The van der Waals surface area contributed by atoms with Gasteiger partial charge in [-0.3, -0.25) is 33.7 Å². The Morgan fingerprint density at radius 1 is 0.756 bits per heavy atom. The molecule has 1 saturated heterocycles. The van der Waals surface area contributed by atoms with E-state index in [1.807, 2.05) is 6.92 Å². The standard InChI is InChI=1S/C63H85N7O20/c1-4-46-47-37-45(71)13-14-51(47)68-57-48(46)39-70-53(57)38-50-49(60(70)77)41-88-61(78)63(50,5-2)90-62(79)89-40-43-9-11-44(12-10-43)66-58(75)52(8-6-7-17-64)67-55(73)16-20-80-22-24-82-26-28-84-30-32-86-34-35-87-33-31-85-29-27-83-25-23-81-21-18-65-54(72)15-19-69-56(74)36-42(3)59(69)76/h9-14,37-38,42,52,71H,4-8,15-36,39-41,64H2,1-3H3,(H,65,72)(H,66,75)(H,67,73)/t42?,52-,63-/m0/s1. The van der Waals surface area contributed by atoms with E-state index in [0.717, 1.165) is 21.4 Å². The summed E-state index contributed by atoms with van der Waals surface area (Å²) in [7, 11) is 0. The molecule has 0 bridgehead atoms. The van der Waals surface area contributed by atoms with Crippen LogP contribution in [0.3, 0.4) is 0 Å². The van der Waals surface area contributed by atoms with Crippen LogP contribution in [0.2, 0.25) is 0 Å². The number of nitrogens with two attached hydrogens (primary N) is 1. The van der Waals surface area contributed by atoms with Crippen LogP contribution in [0, 0.1) is 5.92 Å². The van der Waals surface area contributed by atoms with E-state index < -0.39 is 35.2 Å². The molecule has 1 unspecified atom stereocenters. The average Bonchev–Trinajstić information content (AvgIpc) is 1.46. The van der Waals surface area contributed by atoms with E-state index in [2.05, 4.69) is 16.0 Å². The number of hydrogen-bond acceptors (Lipinski definition) is 22. The monoisotopic (exact) mass is 1260 g/mol. The Kier molecular flexibility index (Phi) is 28.3. The molecule has 6 N–H and O–H groups in total. The number of aryl methyl sites for hydroxylation is 1. The number of ether oxygens (including phenoxy) is 11. The van der Waals surface area contributed by atoms with Crippen LogP contribution in [0.4, 0.5) is 10.5 Å². The normalized spacial score (nSPS) is 16.2. The quantitative estimate of drug-likeness (QED) is 0.0211. The Labute approximate surface area is 522 Å². The minimum Gasteiger partial charge on any atom is -0.508 e. The molecule has 0 aliphatic carbocycles. The number of nitrogens with zero attached hydrogens (tertiary/aromatic N) is 3. The van der Waals surface area contributed by atoms with Gasteiger partial charge in [0.25, 0.3) is 5.56 Å². The fourth-order valence-corrected chi connectivity index (χ4v) is 10.4. The highest BCUT2D eigenvalue weighted by Crippen LogP contribution is 2.42. The number of unbranched alkanes of at least 4 members (excludes halogenated alkanes) is 1. The van der Waals surface area contributed by atoms with Crippen molar-refractivity contribution in [3.05, 3.63) is 86.7 Å². The van der Waals surface area contributed by atoms with Gasteiger partial charge >= 0.3 is 12.1 Å². The number of pyridine rings is 2. The number of nitrogens with one attached hydrogen (secondary N) is 3. The van der Waals surface area contributed by atoms with Crippen LogP contribution in [-0.4, -0.2) is 193 Å². The number of phenols is 1. The lowest BCUT2D eigenvalue weighted by molar-refractivity contribution is -0.175. The second kappa shape index (κ2) is 36.4. The van der Waals surface area contributed by atoms with E-state index in [1.54, 1.807) is 66.9 Å². The lowest BCUT2D eigenvalue weighted by Crippen LogP contribution is -2.47. The zero-order valence-corrected chi connectivity index (χ0v) is 51.6. The van der Waals surface area contributed by atoms with Crippen molar-refractivity contribution >= 4 is 58.3 Å². The highest BCUT2D eigenvalue weighted by Gasteiger charge is 2.51. The third-order valence-corrected chi connectivity index (χ3v) is 15.2. The van der Waals surface area contributed by atoms with Crippen molar-refractivity contribution in [3.63, 3.8) is 0 Å². The number of amides is 5. The van der Waals surface area contributed by atoms with E-state index in [9.17, 15) is 43.5 Å². The first-order valence-corrected chi connectivity index (χ1v) is 30.7. The van der Waals surface area contributed by atoms with Crippen molar-refractivity contribution in [1.29, 1.82) is 0 Å². The van der Waals surface area contributed by atoms with Gasteiger partial charge in [-0.15, -0.1) is 0 Å². The summed E-state index contributed by atoms with van der Waals surface area (Å²) in [5.74, 6) is -2.59. The number of imide groups is 1. The molecule has 27 heteroatoms. The molecule has 5 heterocycles. The van der Waals surface area contributed by atoms with Crippen LogP contribution >= 0.6 is 0 Å². The van der Waals surface area contributed by atoms with E-state index in [0.29, 0.717) is 159 Å². The molecule has 1 fully saturated rings. The van der Waals surface area contributed by atoms with Crippen molar-refractivity contribution in [3.8, 4) is 17.1 Å². The Morgan fingerprint density at radius 3 is 1.94 bits per heavy atom. The van der Waals surface area contributed by atoms with Crippen LogP contribution in [0.15, 0.2) is 53.3 Å². The molecule has 2 aromatic carbocycles. The first-order chi connectivity index (χ1) is 43.7. The van der Waals surface area contributed by atoms with Crippen LogP contribution in [0.25, 0.3) is 22.3 Å². The molecule has 3 atom stereocenters. The molecule has 492 valence electrons. The number of carbonyl (C=O) groups is 7. The number of likely N-dealkylation sites (tertiary alicyclic amines) is 1. The van der Waals surface area contributed by atoms with E-state index in [1.165, 1.54) is 0 Å². The van der Waals surface area contributed by atoms with Gasteiger partial charge in [0.05, 0.1) is 135 Å². The number of anilines is 1. The molecule has 0 spiro atoms. The Bertz CT molecular complexity index is 3120. The second-order valence-electron chi connectivity index (χ2n) is 21.5. The Balaban J connectivity index is 0.688. The van der Waals surface area contributed by atoms with Crippen molar-refractivity contribution < 1.29 is 90.8 Å². The smallest absolute Gasteiger partial charge is 0.508 e. The van der Waals surface area contributed by atoms with Gasteiger partial charge in [0, 0.05) is 60.5 Å². The number of carbonyl (C=O) groups excluding carboxylic acids is 7.